The lowest BCUT2D eigenvalue weighted by Gasteiger charge is -2.13. The quantitative estimate of drug-likeness (QED) is 0.386. The van der Waals surface area contributed by atoms with E-state index in [0.29, 0.717) is 35.4 Å². The number of nitrogens with one attached hydrogen (secondary N) is 3. The number of ether oxygens (including phenoxy) is 1. The van der Waals surface area contributed by atoms with Crippen LogP contribution in [-0.2, 0) is 4.79 Å². The molecule has 1 aliphatic carbocycles. The number of methoxy groups -OCH3 is 1. The zero-order chi connectivity index (χ0) is 21.6. The Morgan fingerprint density at radius 1 is 1.29 bits per heavy atom. The van der Waals surface area contributed by atoms with Gasteiger partial charge in [-0.1, -0.05) is 18.1 Å². The second-order valence-corrected chi connectivity index (χ2v) is 7.22. The van der Waals surface area contributed by atoms with Crippen molar-refractivity contribution in [2.75, 3.05) is 24.3 Å². The number of fused-ring (bicyclic) bond motifs is 1. The first-order chi connectivity index (χ1) is 15.2. The van der Waals surface area contributed by atoms with Crippen molar-refractivity contribution in [1.29, 1.82) is 0 Å². The van der Waals surface area contributed by atoms with Crippen LogP contribution in [0.4, 0.5) is 17.2 Å². The number of terminal acetylenes is 1. The number of benzene rings is 2. The van der Waals surface area contributed by atoms with Crippen LogP contribution >= 0.6 is 0 Å². The normalized spacial score (nSPS) is 13.2. The summed E-state index contributed by atoms with van der Waals surface area (Å²) in [6, 6.07) is 11.7. The van der Waals surface area contributed by atoms with Crippen LogP contribution in [-0.4, -0.2) is 35.6 Å². The minimum absolute atomic E-state index is 0.233. The van der Waals surface area contributed by atoms with E-state index in [2.05, 4.69) is 31.8 Å². The molecule has 1 amide bonds. The molecule has 0 spiro atoms. The molecule has 156 valence electrons. The van der Waals surface area contributed by atoms with Gasteiger partial charge in [0.25, 0.3) is 0 Å². The molecule has 1 heterocycles. The predicted octanol–water partition coefficient (Wildman–Crippen LogP) is 3.61. The van der Waals surface area contributed by atoms with Gasteiger partial charge in [0, 0.05) is 41.4 Å². The van der Waals surface area contributed by atoms with Crippen molar-refractivity contribution in [3.8, 4) is 18.1 Å². The molecular weight excluding hydrogens is 390 g/mol. The Balaban J connectivity index is 1.58. The van der Waals surface area contributed by atoms with E-state index < -0.39 is 0 Å². The maximum atomic E-state index is 12.4. The van der Waals surface area contributed by atoms with Crippen molar-refractivity contribution in [3.63, 3.8) is 0 Å². The van der Waals surface area contributed by atoms with Crippen LogP contribution in [0, 0.1) is 12.3 Å². The number of aromatic nitrogens is 2. The average molecular weight is 413 g/mol. The highest BCUT2D eigenvalue weighted by atomic mass is 16.5. The molecule has 0 atom stereocenters. The Morgan fingerprint density at radius 3 is 2.94 bits per heavy atom. The Kier molecular flexibility index (Phi) is 6.11. The largest absolute Gasteiger partial charge is 0.494 e. The van der Waals surface area contributed by atoms with Gasteiger partial charge in [0.05, 0.1) is 18.3 Å². The third-order valence-corrected chi connectivity index (χ3v) is 4.88. The SMILES string of the molecule is C#Cc1cccc(Nc2ncnc3cc(OC)c(NC(=O)/C=C/CNC4CC4)cc23)c1. The van der Waals surface area contributed by atoms with Crippen molar-refractivity contribution in [2.45, 2.75) is 18.9 Å². The van der Waals surface area contributed by atoms with E-state index in [0.717, 1.165) is 16.6 Å². The van der Waals surface area contributed by atoms with Gasteiger partial charge in [-0.3, -0.25) is 4.79 Å². The smallest absolute Gasteiger partial charge is 0.248 e. The molecule has 3 N–H and O–H groups in total. The zero-order valence-electron chi connectivity index (χ0n) is 17.2. The lowest BCUT2D eigenvalue weighted by molar-refractivity contribution is -0.111. The topological polar surface area (TPSA) is 88.2 Å². The molecule has 1 aromatic heterocycles. The summed E-state index contributed by atoms with van der Waals surface area (Å²) in [4.78, 5) is 21.1. The average Bonchev–Trinajstić information content (AvgIpc) is 3.61. The summed E-state index contributed by atoms with van der Waals surface area (Å²) in [5, 5.41) is 10.2. The summed E-state index contributed by atoms with van der Waals surface area (Å²) in [5.74, 6) is 3.50. The summed E-state index contributed by atoms with van der Waals surface area (Å²) in [6.45, 7) is 0.672. The number of amides is 1. The fourth-order valence-electron chi connectivity index (χ4n) is 3.14. The molecule has 0 bridgehead atoms. The number of nitrogens with zero attached hydrogens (tertiary/aromatic N) is 2. The molecule has 3 aromatic rings. The van der Waals surface area contributed by atoms with Crippen LogP contribution < -0.4 is 20.7 Å². The first kappa shape index (κ1) is 20.4. The van der Waals surface area contributed by atoms with Crippen LogP contribution in [0.2, 0.25) is 0 Å². The van der Waals surface area contributed by atoms with Gasteiger partial charge in [0.1, 0.15) is 17.9 Å². The van der Waals surface area contributed by atoms with E-state index in [-0.39, 0.29) is 5.91 Å². The molecule has 0 radical (unpaired) electrons. The van der Waals surface area contributed by atoms with Crippen molar-refractivity contribution >= 4 is 34.0 Å². The fourth-order valence-corrected chi connectivity index (χ4v) is 3.14. The maximum Gasteiger partial charge on any atom is 0.248 e. The van der Waals surface area contributed by atoms with Crippen molar-refractivity contribution in [1.82, 2.24) is 15.3 Å². The van der Waals surface area contributed by atoms with E-state index in [1.165, 1.54) is 25.2 Å². The molecule has 7 nitrogen and oxygen atoms in total. The molecule has 4 rings (SSSR count). The summed E-state index contributed by atoms with van der Waals surface area (Å²) >= 11 is 0. The minimum atomic E-state index is -0.233. The Bertz CT molecular complexity index is 1180. The van der Waals surface area contributed by atoms with Crippen LogP contribution in [0.3, 0.4) is 0 Å². The van der Waals surface area contributed by atoms with Crippen molar-refractivity contribution < 1.29 is 9.53 Å². The Morgan fingerprint density at radius 2 is 2.16 bits per heavy atom. The van der Waals surface area contributed by atoms with Gasteiger partial charge < -0.3 is 20.7 Å². The van der Waals surface area contributed by atoms with E-state index in [4.69, 9.17) is 11.2 Å². The number of anilines is 3. The molecule has 0 saturated heterocycles. The van der Waals surface area contributed by atoms with E-state index in [1.54, 1.807) is 19.2 Å². The van der Waals surface area contributed by atoms with Crippen LogP contribution in [0.1, 0.15) is 18.4 Å². The molecular formula is C24H23N5O2. The molecule has 31 heavy (non-hydrogen) atoms. The van der Waals surface area contributed by atoms with Crippen LogP contribution in [0.25, 0.3) is 10.9 Å². The van der Waals surface area contributed by atoms with Crippen LogP contribution in [0.15, 0.2) is 54.9 Å². The summed E-state index contributed by atoms with van der Waals surface area (Å²) in [6.07, 6.45) is 12.7. The second-order valence-electron chi connectivity index (χ2n) is 7.22. The Labute approximate surface area is 180 Å². The third-order valence-electron chi connectivity index (χ3n) is 4.88. The molecule has 0 unspecified atom stereocenters. The highest BCUT2D eigenvalue weighted by molar-refractivity contribution is 6.03. The molecule has 0 aliphatic heterocycles. The standard InChI is InChI=1S/C24H23N5O2/c1-3-16-6-4-7-18(12-16)28-24-19-13-21(22(31-2)14-20(19)26-15-27-24)29-23(30)8-5-11-25-17-9-10-17/h1,4-8,12-15,17,25H,9-11H2,2H3,(H,29,30)(H,26,27,28)/b8-5+. The highest BCUT2D eigenvalue weighted by Gasteiger charge is 2.19. The van der Waals surface area contributed by atoms with E-state index in [9.17, 15) is 4.79 Å². The molecule has 2 aromatic carbocycles. The Hall–Kier alpha value is -3.89. The van der Waals surface area contributed by atoms with Gasteiger partial charge in [-0.05, 0) is 37.1 Å². The van der Waals surface area contributed by atoms with Gasteiger partial charge >= 0.3 is 0 Å². The zero-order valence-corrected chi connectivity index (χ0v) is 17.2. The summed E-state index contributed by atoms with van der Waals surface area (Å²) in [7, 11) is 1.55. The fraction of sp³-hybridized carbons (Fsp3) is 0.208. The summed E-state index contributed by atoms with van der Waals surface area (Å²) < 4.78 is 5.45. The molecule has 7 heteroatoms. The number of hydrogen-bond acceptors (Lipinski definition) is 6. The number of carbonyl (C=O) groups excluding carboxylic acids is 1. The monoisotopic (exact) mass is 413 g/mol. The number of rotatable bonds is 8. The summed E-state index contributed by atoms with van der Waals surface area (Å²) in [5.41, 5.74) is 2.79. The predicted molar refractivity (Wildman–Crippen MR) is 123 cm³/mol. The lowest BCUT2D eigenvalue weighted by Crippen LogP contribution is -2.16. The third kappa shape index (κ3) is 5.18. The highest BCUT2D eigenvalue weighted by Crippen LogP contribution is 2.33. The molecule has 1 fully saturated rings. The van der Waals surface area contributed by atoms with Gasteiger partial charge in [0.15, 0.2) is 0 Å². The lowest BCUT2D eigenvalue weighted by atomic mass is 10.1. The van der Waals surface area contributed by atoms with E-state index in [1.807, 2.05) is 30.3 Å². The maximum absolute atomic E-state index is 12.4. The van der Waals surface area contributed by atoms with Crippen LogP contribution in [0.5, 0.6) is 5.75 Å². The van der Waals surface area contributed by atoms with Gasteiger partial charge in [0.2, 0.25) is 5.91 Å². The molecule has 1 aliphatic rings. The van der Waals surface area contributed by atoms with Gasteiger partial charge in [-0.25, -0.2) is 9.97 Å². The molecule has 1 saturated carbocycles. The van der Waals surface area contributed by atoms with Gasteiger partial charge in [-0.2, -0.15) is 0 Å². The first-order valence-electron chi connectivity index (χ1n) is 10.0. The first-order valence-corrected chi connectivity index (χ1v) is 10.0. The minimum Gasteiger partial charge on any atom is -0.494 e. The van der Waals surface area contributed by atoms with E-state index >= 15 is 0 Å². The van der Waals surface area contributed by atoms with Gasteiger partial charge in [-0.15, -0.1) is 6.42 Å². The number of carbonyl (C=O) groups is 1. The van der Waals surface area contributed by atoms with Crippen molar-refractivity contribution in [3.05, 3.63) is 60.4 Å². The van der Waals surface area contributed by atoms with Crippen molar-refractivity contribution in [2.24, 2.45) is 0 Å². The number of hydrogen-bond donors (Lipinski definition) is 3. The second kappa shape index (κ2) is 9.28.